The first kappa shape index (κ1) is 16.6. The van der Waals surface area contributed by atoms with Crippen LogP contribution in [0.25, 0.3) is 10.9 Å². The van der Waals surface area contributed by atoms with Crippen LogP contribution in [0.4, 0.5) is 0 Å². The molecule has 5 nitrogen and oxygen atoms in total. The Hall–Kier alpha value is -2.78. The predicted molar refractivity (Wildman–Crippen MR) is 90.9 cm³/mol. The number of aromatic nitrogens is 1. The molecule has 2 aromatic rings. The fourth-order valence-corrected chi connectivity index (χ4v) is 2.47. The standard InChI is InChI=1S/C18H21N3O2/c1-3-4-7-10-19-18(23)17(21-13(2)22)11-14-12-20-16-9-6-5-8-15(14)16/h4-6,8-9,12,17,20H,1,7,10-11H2,2H3,(H,19,23)(H,21,22). The molecule has 0 bridgehead atoms. The highest BCUT2D eigenvalue weighted by molar-refractivity contribution is 5.89. The maximum atomic E-state index is 12.3. The SMILES string of the molecule is C=C=CCCNC(=O)C(Cc1c[nH]c2ccccc12)NC(C)=O. The molecule has 5 heteroatoms. The van der Waals surface area contributed by atoms with Crippen molar-refractivity contribution in [1.82, 2.24) is 15.6 Å². The van der Waals surface area contributed by atoms with Gasteiger partial charge < -0.3 is 15.6 Å². The maximum absolute atomic E-state index is 12.3. The van der Waals surface area contributed by atoms with Crippen LogP contribution in [0.5, 0.6) is 0 Å². The van der Waals surface area contributed by atoms with Crippen LogP contribution in [0, 0.1) is 0 Å². The van der Waals surface area contributed by atoms with Gasteiger partial charge in [-0.15, -0.1) is 5.73 Å². The molecule has 1 aromatic heterocycles. The summed E-state index contributed by atoms with van der Waals surface area (Å²) in [4.78, 5) is 26.9. The number of para-hydroxylation sites is 1. The zero-order valence-corrected chi connectivity index (χ0v) is 13.2. The van der Waals surface area contributed by atoms with Crippen LogP contribution in [0.3, 0.4) is 0 Å². The minimum absolute atomic E-state index is 0.192. The Morgan fingerprint density at radius 1 is 1.39 bits per heavy atom. The van der Waals surface area contributed by atoms with E-state index in [9.17, 15) is 9.59 Å². The number of H-pyrrole nitrogens is 1. The van der Waals surface area contributed by atoms with Crippen molar-refractivity contribution in [3.63, 3.8) is 0 Å². The summed E-state index contributed by atoms with van der Waals surface area (Å²) in [5.41, 5.74) is 4.67. The smallest absolute Gasteiger partial charge is 0.242 e. The number of aromatic amines is 1. The van der Waals surface area contributed by atoms with Crippen LogP contribution in [0.15, 0.2) is 48.8 Å². The number of rotatable bonds is 7. The zero-order chi connectivity index (χ0) is 16.7. The van der Waals surface area contributed by atoms with E-state index in [1.165, 1.54) is 6.92 Å². The summed E-state index contributed by atoms with van der Waals surface area (Å²) in [6, 6.07) is 7.29. The molecule has 1 heterocycles. The first-order chi connectivity index (χ1) is 11.1. The average Bonchev–Trinajstić information content (AvgIpc) is 2.93. The van der Waals surface area contributed by atoms with Crippen molar-refractivity contribution in [2.24, 2.45) is 0 Å². The van der Waals surface area contributed by atoms with Gasteiger partial charge in [-0.05, 0) is 24.1 Å². The van der Waals surface area contributed by atoms with Crippen molar-refractivity contribution in [1.29, 1.82) is 0 Å². The Balaban J connectivity index is 2.10. The highest BCUT2D eigenvalue weighted by atomic mass is 16.2. The van der Waals surface area contributed by atoms with Gasteiger partial charge in [-0.2, -0.15) is 0 Å². The van der Waals surface area contributed by atoms with Crippen LogP contribution in [-0.2, 0) is 16.0 Å². The summed E-state index contributed by atoms with van der Waals surface area (Å²) in [6.45, 7) is 5.38. The van der Waals surface area contributed by atoms with Gasteiger partial charge in [0.15, 0.2) is 0 Å². The molecule has 0 spiro atoms. The van der Waals surface area contributed by atoms with Gasteiger partial charge in [0.25, 0.3) is 0 Å². The normalized spacial score (nSPS) is 11.5. The lowest BCUT2D eigenvalue weighted by atomic mass is 10.0. The van der Waals surface area contributed by atoms with Gasteiger partial charge in [0.1, 0.15) is 6.04 Å². The Morgan fingerprint density at radius 3 is 2.91 bits per heavy atom. The molecule has 3 N–H and O–H groups in total. The second-order valence-corrected chi connectivity index (χ2v) is 5.30. The molecule has 2 rings (SSSR count). The van der Waals surface area contributed by atoms with E-state index < -0.39 is 6.04 Å². The van der Waals surface area contributed by atoms with Crippen molar-refractivity contribution < 1.29 is 9.59 Å². The van der Waals surface area contributed by atoms with Gasteiger partial charge in [-0.1, -0.05) is 24.8 Å². The molecule has 2 amide bonds. The molecular formula is C18H21N3O2. The number of hydrogen-bond acceptors (Lipinski definition) is 2. The Labute approximate surface area is 135 Å². The molecule has 1 unspecified atom stereocenters. The fraction of sp³-hybridized carbons (Fsp3) is 0.278. The summed E-state index contributed by atoms with van der Waals surface area (Å²) >= 11 is 0. The van der Waals surface area contributed by atoms with Crippen molar-refractivity contribution in [2.75, 3.05) is 6.54 Å². The van der Waals surface area contributed by atoms with E-state index in [4.69, 9.17) is 0 Å². The monoisotopic (exact) mass is 311 g/mol. The quantitative estimate of drug-likeness (QED) is 0.541. The van der Waals surface area contributed by atoms with Crippen molar-refractivity contribution >= 4 is 22.7 Å². The molecule has 0 fully saturated rings. The van der Waals surface area contributed by atoms with Crippen LogP contribution in [0.1, 0.15) is 18.9 Å². The molecular weight excluding hydrogens is 290 g/mol. The number of benzene rings is 1. The van der Waals surface area contributed by atoms with Crippen LogP contribution in [-0.4, -0.2) is 29.4 Å². The van der Waals surface area contributed by atoms with E-state index in [-0.39, 0.29) is 11.8 Å². The van der Waals surface area contributed by atoms with Gasteiger partial charge >= 0.3 is 0 Å². The topological polar surface area (TPSA) is 74.0 Å². The van der Waals surface area contributed by atoms with E-state index in [1.807, 2.05) is 30.5 Å². The van der Waals surface area contributed by atoms with E-state index >= 15 is 0 Å². The molecule has 0 aliphatic rings. The molecule has 0 radical (unpaired) electrons. The third-order valence-corrected chi connectivity index (χ3v) is 3.53. The molecule has 0 aliphatic carbocycles. The summed E-state index contributed by atoms with van der Waals surface area (Å²) in [7, 11) is 0. The number of carbonyl (C=O) groups is 2. The minimum atomic E-state index is -0.598. The summed E-state index contributed by atoms with van der Waals surface area (Å²) in [5, 5.41) is 6.60. The average molecular weight is 311 g/mol. The highest BCUT2D eigenvalue weighted by Crippen LogP contribution is 2.19. The zero-order valence-electron chi connectivity index (χ0n) is 13.2. The molecule has 23 heavy (non-hydrogen) atoms. The van der Waals surface area contributed by atoms with E-state index in [1.54, 1.807) is 6.08 Å². The van der Waals surface area contributed by atoms with Gasteiger partial charge in [0.05, 0.1) is 0 Å². The van der Waals surface area contributed by atoms with Crippen LogP contribution in [0.2, 0.25) is 0 Å². The summed E-state index contributed by atoms with van der Waals surface area (Å²) in [5.74, 6) is -0.418. The molecule has 0 aliphatic heterocycles. The lowest BCUT2D eigenvalue weighted by Gasteiger charge is -2.17. The predicted octanol–water partition coefficient (Wildman–Crippen LogP) is 2.06. The first-order valence-electron chi connectivity index (χ1n) is 7.56. The molecule has 0 saturated heterocycles. The van der Waals surface area contributed by atoms with Gasteiger partial charge in [-0.25, -0.2) is 0 Å². The number of hydrogen-bond donors (Lipinski definition) is 3. The van der Waals surface area contributed by atoms with Crippen LogP contribution < -0.4 is 10.6 Å². The Bertz CT molecular complexity index is 742. The van der Waals surface area contributed by atoms with Crippen molar-refractivity contribution in [3.8, 4) is 0 Å². The molecule has 0 saturated carbocycles. The number of amides is 2. The summed E-state index contributed by atoms with van der Waals surface area (Å²) < 4.78 is 0. The Kier molecular flexibility index (Phi) is 5.78. The molecule has 1 atom stereocenters. The number of nitrogens with one attached hydrogen (secondary N) is 3. The van der Waals surface area contributed by atoms with Crippen molar-refractivity contribution in [2.45, 2.75) is 25.8 Å². The van der Waals surface area contributed by atoms with Gasteiger partial charge in [-0.3, -0.25) is 9.59 Å². The molecule has 1 aromatic carbocycles. The maximum Gasteiger partial charge on any atom is 0.242 e. The van der Waals surface area contributed by atoms with E-state index in [0.717, 1.165) is 16.5 Å². The first-order valence-corrected chi connectivity index (χ1v) is 7.56. The Morgan fingerprint density at radius 2 is 2.17 bits per heavy atom. The van der Waals surface area contributed by atoms with Gasteiger partial charge in [0, 0.05) is 37.0 Å². The molecule has 120 valence electrons. The second-order valence-electron chi connectivity index (χ2n) is 5.30. The second kappa shape index (κ2) is 8.01. The minimum Gasteiger partial charge on any atom is -0.361 e. The van der Waals surface area contributed by atoms with E-state index in [2.05, 4.69) is 27.9 Å². The lowest BCUT2D eigenvalue weighted by Crippen LogP contribution is -2.47. The summed E-state index contributed by atoms with van der Waals surface area (Å²) in [6.07, 6.45) is 4.74. The third kappa shape index (κ3) is 4.59. The fourth-order valence-electron chi connectivity index (χ4n) is 2.47. The van der Waals surface area contributed by atoms with E-state index in [0.29, 0.717) is 19.4 Å². The van der Waals surface area contributed by atoms with Crippen LogP contribution >= 0.6 is 0 Å². The lowest BCUT2D eigenvalue weighted by molar-refractivity contribution is -0.128. The number of carbonyl (C=O) groups excluding carboxylic acids is 2. The largest absolute Gasteiger partial charge is 0.361 e. The van der Waals surface area contributed by atoms with Crippen molar-refractivity contribution in [3.05, 3.63) is 54.4 Å². The number of fused-ring (bicyclic) bond motifs is 1. The third-order valence-electron chi connectivity index (χ3n) is 3.53. The van der Waals surface area contributed by atoms with Gasteiger partial charge in [0.2, 0.25) is 11.8 Å². The highest BCUT2D eigenvalue weighted by Gasteiger charge is 2.20.